The van der Waals surface area contributed by atoms with Crippen molar-refractivity contribution in [1.29, 1.82) is 0 Å². The number of tetrazole rings is 1. The number of amides is 1. The second-order valence-electron chi connectivity index (χ2n) is 5.16. The van der Waals surface area contributed by atoms with Crippen molar-refractivity contribution in [2.75, 3.05) is 5.32 Å². The van der Waals surface area contributed by atoms with Crippen molar-refractivity contribution in [1.82, 2.24) is 20.2 Å². The van der Waals surface area contributed by atoms with Crippen LogP contribution in [0.1, 0.15) is 23.1 Å². The summed E-state index contributed by atoms with van der Waals surface area (Å²) in [4.78, 5) is 12.4. The molecule has 2 aromatic carbocycles. The van der Waals surface area contributed by atoms with Crippen LogP contribution in [0.15, 0.2) is 53.0 Å². The van der Waals surface area contributed by atoms with E-state index in [0.29, 0.717) is 29.4 Å². The number of carbonyl (C=O) groups excluding carboxylic acids is 1. The number of anilines is 1. The van der Waals surface area contributed by atoms with Crippen LogP contribution in [0.2, 0.25) is 0 Å². The first kappa shape index (κ1) is 17.1. The van der Waals surface area contributed by atoms with E-state index in [9.17, 15) is 4.79 Å². The molecule has 3 aromatic rings. The Kier molecular flexibility index (Phi) is 5.39. The number of hydrogen-bond donors (Lipinski definition) is 1. The minimum Gasteiger partial charge on any atom is -0.486 e. The Bertz CT molecular complexity index is 881. The Morgan fingerprint density at radius 1 is 1.24 bits per heavy atom. The van der Waals surface area contributed by atoms with Gasteiger partial charge in [-0.25, -0.2) is 4.68 Å². The molecule has 0 spiro atoms. The number of aromatic nitrogens is 4. The molecule has 8 heteroatoms. The summed E-state index contributed by atoms with van der Waals surface area (Å²) >= 11 is 3.41. The number of nitrogens with zero attached hydrogens (tertiary/aromatic N) is 4. The van der Waals surface area contributed by atoms with Crippen molar-refractivity contribution in [3.05, 3.63) is 64.4 Å². The van der Waals surface area contributed by atoms with E-state index >= 15 is 0 Å². The Morgan fingerprint density at radius 3 is 2.88 bits per heavy atom. The third kappa shape index (κ3) is 4.21. The van der Waals surface area contributed by atoms with Gasteiger partial charge in [0.1, 0.15) is 12.4 Å². The van der Waals surface area contributed by atoms with Gasteiger partial charge in [-0.2, -0.15) is 0 Å². The Hall–Kier alpha value is -2.74. The van der Waals surface area contributed by atoms with Gasteiger partial charge < -0.3 is 10.1 Å². The smallest absolute Gasteiger partial charge is 0.255 e. The molecule has 1 heterocycles. The molecule has 0 aliphatic carbocycles. The van der Waals surface area contributed by atoms with Gasteiger partial charge in [-0.1, -0.05) is 18.2 Å². The van der Waals surface area contributed by atoms with Crippen LogP contribution in [0, 0.1) is 0 Å². The first-order chi connectivity index (χ1) is 12.2. The van der Waals surface area contributed by atoms with Crippen LogP contribution in [0.3, 0.4) is 0 Å². The van der Waals surface area contributed by atoms with Crippen molar-refractivity contribution in [2.45, 2.75) is 20.1 Å². The van der Waals surface area contributed by atoms with Crippen molar-refractivity contribution < 1.29 is 9.53 Å². The van der Waals surface area contributed by atoms with Crippen LogP contribution >= 0.6 is 15.9 Å². The maximum absolute atomic E-state index is 12.4. The number of benzene rings is 2. The fourth-order valence-electron chi connectivity index (χ4n) is 2.20. The van der Waals surface area contributed by atoms with Crippen molar-refractivity contribution >= 4 is 27.5 Å². The molecule has 0 atom stereocenters. The second-order valence-corrected chi connectivity index (χ2v) is 6.02. The average molecular weight is 402 g/mol. The number of ether oxygens (including phenoxy) is 1. The molecule has 128 valence electrons. The van der Waals surface area contributed by atoms with Gasteiger partial charge in [0.05, 0.1) is 5.69 Å². The SMILES string of the molecule is CCn1nnnc1COc1cccc(C(=O)Nc2ccccc2Br)c1. The van der Waals surface area contributed by atoms with Crippen LogP contribution in [0.5, 0.6) is 5.75 Å². The Balaban J connectivity index is 1.68. The second kappa shape index (κ2) is 7.89. The summed E-state index contributed by atoms with van der Waals surface area (Å²) in [6, 6.07) is 14.4. The summed E-state index contributed by atoms with van der Waals surface area (Å²) < 4.78 is 8.18. The lowest BCUT2D eigenvalue weighted by Crippen LogP contribution is -2.12. The van der Waals surface area contributed by atoms with E-state index in [1.807, 2.05) is 31.2 Å². The van der Waals surface area contributed by atoms with Gasteiger partial charge in [0, 0.05) is 16.6 Å². The van der Waals surface area contributed by atoms with Gasteiger partial charge in [-0.15, -0.1) is 5.10 Å². The molecule has 1 amide bonds. The molecule has 1 aromatic heterocycles. The van der Waals surface area contributed by atoms with Crippen LogP contribution in [0.4, 0.5) is 5.69 Å². The molecule has 0 bridgehead atoms. The topological polar surface area (TPSA) is 81.9 Å². The lowest BCUT2D eigenvalue weighted by Gasteiger charge is -2.09. The van der Waals surface area contributed by atoms with E-state index in [4.69, 9.17) is 4.74 Å². The van der Waals surface area contributed by atoms with Crippen LogP contribution < -0.4 is 10.1 Å². The van der Waals surface area contributed by atoms with E-state index in [1.54, 1.807) is 28.9 Å². The number of carbonyl (C=O) groups is 1. The first-order valence-corrected chi connectivity index (χ1v) is 8.50. The summed E-state index contributed by atoms with van der Waals surface area (Å²) in [5.74, 6) is 0.992. The molecule has 0 aliphatic rings. The highest BCUT2D eigenvalue weighted by molar-refractivity contribution is 9.10. The largest absolute Gasteiger partial charge is 0.486 e. The highest BCUT2D eigenvalue weighted by atomic mass is 79.9. The minimum absolute atomic E-state index is 0.212. The number of nitrogens with one attached hydrogen (secondary N) is 1. The summed E-state index contributed by atoms with van der Waals surface area (Å²) in [6.07, 6.45) is 0. The molecule has 0 unspecified atom stereocenters. The van der Waals surface area contributed by atoms with Gasteiger partial charge in [-0.05, 0) is 63.6 Å². The molecule has 0 radical (unpaired) electrons. The van der Waals surface area contributed by atoms with E-state index in [-0.39, 0.29) is 12.5 Å². The minimum atomic E-state index is -0.212. The Morgan fingerprint density at radius 2 is 2.08 bits per heavy atom. The summed E-state index contributed by atoms with van der Waals surface area (Å²) in [5.41, 5.74) is 1.21. The van der Waals surface area contributed by atoms with Crippen LogP contribution in [0.25, 0.3) is 0 Å². The third-order valence-corrected chi connectivity index (χ3v) is 4.18. The van der Waals surface area contributed by atoms with E-state index in [0.717, 1.165) is 4.47 Å². The fourth-order valence-corrected chi connectivity index (χ4v) is 2.59. The number of para-hydroxylation sites is 1. The predicted molar refractivity (Wildman–Crippen MR) is 96.4 cm³/mol. The molecular formula is C17H16BrN5O2. The molecule has 0 saturated heterocycles. The summed E-state index contributed by atoms with van der Waals surface area (Å²) in [6.45, 7) is 2.85. The van der Waals surface area contributed by atoms with E-state index in [1.165, 1.54) is 0 Å². The maximum atomic E-state index is 12.4. The lowest BCUT2D eigenvalue weighted by atomic mass is 10.2. The number of halogens is 1. The molecule has 7 nitrogen and oxygen atoms in total. The molecule has 25 heavy (non-hydrogen) atoms. The fraction of sp³-hybridized carbons (Fsp3) is 0.176. The van der Waals surface area contributed by atoms with E-state index in [2.05, 4.69) is 36.8 Å². The number of hydrogen-bond acceptors (Lipinski definition) is 5. The zero-order chi connectivity index (χ0) is 17.6. The quantitative estimate of drug-likeness (QED) is 0.684. The third-order valence-electron chi connectivity index (χ3n) is 3.49. The van der Waals surface area contributed by atoms with Gasteiger partial charge >= 0.3 is 0 Å². The summed E-state index contributed by atoms with van der Waals surface area (Å²) in [7, 11) is 0. The average Bonchev–Trinajstić information content (AvgIpc) is 3.09. The zero-order valence-corrected chi connectivity index (χ0v) is 15.1. The molecular weight excluding hydrogens is 386 g/mol. The number of rotatable bonds is 6. The van der Waals surface area contributed by atoms with Gasteiger partial charge in [-0.3, -0.25) is 4.79 Å². The molecule has 1 N–H and O–H groups in total. The first-order valence-electron chi connectivity index (χ1n) is 7.71. The maximum Gasteiger partial charge on any atom is 0.255 e. The molecule has 0 fully saturated rings. The van der Waals surface area contributed by atoms with Crippen molar-refractivity contribution in [3.63, 3.8) is 0 Å². The zero-order valence-electron chi connectivity index (χ0n) is 13.5. The molecule has 0 aliphatic heterocycles. The van der Waals surface area contributed by atoms with Crippen LogP contribution in [-0.2, 0) is 13.2 Å². The van der Waals surface area contributed by atoms with Crippen molar-refractivity contribution in [2.24, 2.45) is 0 Å². The summed E-state index contributed by atoms with van der Waals surface area (Å²) in [5, 5.41) is 14.3. The molecule has 3 rings (SSSR count). The monoisotopic (exact) mass is 401 g/mol. The van der Waals surface area contributed by atoms with E-state index < -0.39 is 0 Å². The van der Waals surface area contributed by atoms with Gasteiger partial charge in [0.15, 0.2) is 5.82 Å². The highest BCUT2D eigenvalue weighted by Crippen LogP contribution is 2.22. The van der Waals surface area contributed by atoms with Crippen molar-refractivity contribution in [3.8, 4) is 5.75 Å². The predicted octanol–water partition coefficient (Wildman–Crippen LogP) is 3.29. The van der Waals surface area contributed by atoms with Gasteiger partial charge in [0.25, 0.3) is 5.91 Å². The molecule has 0 saturated carbocycles. The number of aryl methyl sites for hydroxylation is 1. The lowest BCUT2D eigenvalue weighted by molar-refractivity contribution is 0.102. The standard InChI is InChI=1S/C17H16BrN5O2/c1-2-23-16(20-21-22-23)11-25-13-7-5-6-12(10-13)17(24)19-15-9-4-3-8-14(15)18/h3-10H,2,11H2,1H3,(H,19,24). The normalized spacial score (nSPS) is 10.5. The van der Waals surface area contributed by atoms with Gasteiger partial charge in [0.2, 0.25) is 0 Å². The highest BCUT2D eigenvalue weighted by Gasteiger charge is 2.10. The Labute approximate surface area is 153 Å². The van der Waals surface area contributed by atoms with Crippen LogP contribution in [-0.4, -0.2) is 26.1 Å².